The Kier molecular flexibility index (Phi) is 3.66. The van der Waals surface area contributed by atoms with E-state index in [1.165, 1.54) is 30.5 Å². The predicted octanol–water partition coefficient (Wildman–Crippen LogP) is 2.07. The lowest BCUT2D eigenvalue weighted by molar-refractivity contribution is 0.0990. The molecule has 0 aliphatic rings. The van der Waals surface area contributed by atoms with Crippen molar-refractivity contribution in [3.8, 4) is 11.5 Å². The first-order valence-corrected chi connectivity index (χ1v) is 5.68. The van der Waals surface area contributed by atoms with Crippen LogP contribution < -0.4 is 9.64 Å². The summed E-state index contributed by atoms with van der Waals surface area (Å²) in [6.45, 7) is 0. The number of hydrogen-bond donors (Lipinski definition) is 1. The Hall–Kier alpha value is -2.56. The fourth-order valence-electron chi connectivity index (χ4n) is 1.72. The highest BCUT2D eigenvalue weighted by Gasteiger charge is 2.17. The molecule has 1 amide bonds. The van der Waals surface area contributed by atoms with Crippen molar-refractivity contribution in [3.63, 3.8) is 0 Å². The summed E-state index contributed by atoms with van der Waals surface area (Å²) in [6, 6.07) is 8.09. The van der Waals surface area contributed by atoms with Crippen LogP contribution in [0.25, 0.3) is 0 Å². The lowest BCUT2D eigenvalue weighted by atomic mass is 10.2. The number of rotatable bonds is 3. The van der Waals surface area contributed by atoms with E-state index in [9.17, 15) is 9.90 Å². The van der Waals surface area contributed by atoms with Crippen molar-refractivity contribution in [2.45, 2.75) is 0 Å². The lowest BCUT2D eigenvalue weighted by Gasteiger charge is -2.18. The fraction of sp³-hybridized carbons (Fsp3) is 0.143. The molecule has 0 saturated carbocycles. The van der Waals surface area contributed by atoms with Crippen molar-refractivity contribution in [2.75, 3.05) is 19.1 Å². The van der Waals surface area contributed by atoms with Crippen LogP contribution >= 0.6 is 0 Å². The Morgan fingerprint density at radius 3 is 2.84 bits per heavy atom. The number of amides is 1. The smallest absolute Gasteiger partial charge is 0.261 e. The minimum atomic E-state index is -0.232. The van der Waals surface area contributed by atoms with Crippen molar-refractivity contribution in [2.24, 2.45) is 0 Å². The third-order valence-corrected chi connectivity index (χ3v) is 2.76. The molecule has 0 spiro atoms. The topological polar surface area (TPSA) is 62.7 Å². The molecule has 0 unspecified atom stereocenters. The van der Waals surface area contributed by atoms with Crippen molar-refractivity contribution < 1.29 is 14.6 Å². The standard InChI is InChI=1S/C14H14N2O3/c1-16(10-4-3-5-11(17)8-10)14(18)12-6-7-15-9-13(12)19-2/h3-9,17H,1-2H3. The van der Waals surface area contributed by atoms with Gasteiger partial charge in [-0.2, -0.15) is 0 Å². The molecule has 1 aromatic carbocycles. The molecule has 0 saturated heterocycles. The number of phenolic OH excluding ortho intramolecular Hbond substituents is 1. The molecule has 0 atom stereocenters. The summed E-state index contributed by atoms with van der Waals surface area (Å²) in [6.07, 6.45) is 3.02. The molecule has 19 heavy (non-hydrogen) atoms. The van der Waals surface area contributed by atoms with Gasteiger partial charge >= 0.3 is 0 Å². The van der Waals surface area contributed by atoms with Gasteiger partial charge in [-0.1, -0.05) is 6.07 Å². The quantitative estimate of drug-likeness (QED) is 0.915. The van der Waals surface area contributed by atoms with E-state index in [1.807, 2.05) is 0 Å². The van der Waals surface area contributed by atoms with Crippen LogP contribution in [0.5, 0.6) is 11.5 Å². The molecule has 0 aliphatic heterocycles. The number of methoxy groups -OCH3 is 1. The van der Waals surface area contributed by atoms with Crippen LogP contribution in [0.15, 0.2) is 42.7 Å². The van der Waals surface area contributed by atoms with Gasteiger partial charge in [0.05, 0.1) is 18.9 Å². The Morgan fingerprint density at radius 2 is 2.16 bits per heavy atom. The Morgan fingerprint density at radius 1 is 1.37 bits per heavy atom. The number of phenols is 1. The SMILES string of the molecule is COc1cnccc1C(=O)N(C)c1cccc(O)c1. The van der Waals surface area contributed by atoms with Crippen LogP contribution in [0.1, 0.15) is 10.4 Å². The zero-order valence-corrected chi connectivity index (χ0v) is 10.7. The van der Waals surface area contributed by atoms with E-state index in [-0.39, 0.29) is 11.7 Å². The van der Waals surface area contributed by atoms with E-state index in [4.69, 9.17) is 4.74 Å². The second kappa shape index (κ2) is 5.39. The number of nitrogens with zero attached hydrogens (tertiary/aromatic N) is 2. The van der Waals surface area contributed by atoms with Gasteiger partial charge < -0.3 is 14.7 Å². The number of benzene rings is 1. The first-order chi connectivity index (χ1) is 9.13. The average molecular weight is 258 g/mol. The molecule has 0 bridgehead atoms. The van der Waals surface area contributed by atoms with Gasteiger partial charge in [-0.3, -0.25) is 9.78 Å². The van der Waals surface area contributed by atoms with Gasteiger partial charge in [-0.05, 0) is 18.2 Å². The van der Waals surface area contributed by atoms with Crippen molar-refractivity contribution in [3.05, 3.63) is 48.3 Å². The van der Waals surface area contributed by atoms with E-state index in [1.54, 1.807) is 31.3 Å². The molecule has 5 nitrogen and oxygen atoms in total. The minimum absolute atomic E-state index is 0.110. The number of aromatic nitrogens is 1. The molecular weight excluding hydrogens is 244 g/mol. The van der Waals surface area contributed by atoms with Crippen LogP contribution in [0.4, 0.5) is 5.69 Å². The molecule has 0 radical (unpaired) electrons. The summed E-state index contributed by atoms with van der Waals surface area (Å²) in [5.74, 6) is 0.295. The number of pyridine rings is 1. The van der Waals surface area contributed by atoms with Crippen molar-refractivity contribution in [1.29, 1.82) is 0 Å². The van der Waals surface area contributed by atoms with Crippen LogP contribution in [0, 0.1) is 0 Å². The molecular formula is C14H14N2O3. The molecule has 0 fully saturated rings. The van der Waals surface area contributed by atoms with Crippen LogP contribution in [-0.4, -0.2) is 30.2 Å². The first-order valence-electron chi connectivity index (χ1n) is 5.68. The molecule has 1 heterocycles. The number of aromatic hydroxyl groups is 1. The fourth-order valence-corrected chi connectivity index (χ4v) is 1.72. The highest BCUT2D eigenvalue weighted by atomic mass is 16.5. The summed E-state index contributed by atoms with van der Waals surface area (Å²) in [5.41, 5.74) is 1.02. The number of ether oxygens (including phenoxy) is 1. The number of carbonyl (C=O) groups is 1. The summed E-state index contributed by atoms with van der Waals surface area (Å²) in [4.78, 5) is 17.7. The molecule has 2 rings (SSSR count). The van der Waals surface area contributed by atoms with Crippen LogP contribution in [0.2, 0.25) is 0 Å². The zero-order valence-electron chi connectivity index (χ0n) is 10.7. The highest BCUT2D eigenvalue weighted by molar-refractivity contribution is 6.07. The maximum absolute atomic E-state index is 12.4. The number of anilines is 1. The minimum Gasteiger partial charge on any atom is -0.508 e. The van der Waals surface area contributed by atoms with E-state index < -0.39 is 0 Å². The maximum Gasteiger partial charge on any atom is 0.261 e. The molecule has 5 heteroatoms. The van der Waals surface area contributed by atoms with Crippen LogP contribution in [-0.2, 0) is 0 Å². The number of carbonyl (C=O) groups excluding carboxylic acids is 1. The third kappa shape index (κ3) is 2.65. The monoisotopic (exact) mass is 258 g/mol. The van der Waals surface area contributed by atoms with E-state index in [2.05, 4.69) is 4.98 Å². The van der Waals surface area contributed by atoms with E-state index in [0.29, 0.717) is 17.0 Å². The number of hydrogen-bond acceptors (Lipinski definition) is 4. The third-order valence-electron chi connectivity index (χ3n) is 2.76. The van der Waals surface area contributed by atoms with Crippen molar-refractivity contribution in [1.82, 2.24) is 4.98 Å². The molecule has 1 aromatic heterocycles. The molecule has 1 N–H and O–H groups in total. The van der Waals surface area contributed by atoms with Gasteiger partial charge in [0.25, 0.3) is 5.91 Å². The summed E-state index contributed by atoms with van der Waals surface area (Å²) in [7, 11) is 3.12. The van der Waals surface area contributed by atoms with Gasteiger partial charge in [0, 0.05) is 25.0 Å². The molecule has 0 aliphatic carbocycles. The van der Waals surface area contributed by atoms with Gasteiger partial charge in [0.1, 0.15) is 11.5 Å². The van der Waals surface area contributed by atoms with Gasteiger partial charge in [-0.15, -0.1) is 0 Å². The zero-order chi connectivity index (χ0) is 13.8. The lowest BCUT2D eigenvalue weighted by Crippen LogP contribution is -2.26. The summed E-state index contributed by atoms with van der Waals surface area (Å²) in [5, 5.41) is 9.44. The second-order valence-electron chi connectivity index (χ2n) is 3.96. The maximum atomic E-state index is 12.4. The van der Waals surface area contributed by atoms with Gasteiger partial charge in [0.15, 0.2) is 0 Å². The van der Waals surface area contributed by atoms with Crippen LogP contribution in [0.3, 0.4) is 0 Å². The van der Waals surface area contributed by atoms with E-state index >= 15 is 0 Å². The molecule has 2 aromatic rings. The predicted molar refractivity (Wildman–Crippen MR) is 71.6 cm³/mol. The van der Waals surface area contributed by atoms with E-state index in [0.717, 1.165) is 0 Å². The largest absolute Gasteiger partial charge is 0.508 e. The Bertz CT molecular complexity index is 599. The average Bonchev–Trinajstić information content (AvgIpc) is 2.45. The Balaban J connectivity index is 2.33. The normalized spacial score (nSPS) is 10.0. The van der Waals surface area contributed by atoms with Crippen molar-refractivity contribution >= 4 is 11.6 Å². The summed E-state index contributed by atoms with van der Waals surface area (Å²) >= 11 is 0. The highest BCUT2D eigenvalue weighted by Crippen LogP contribution is 2.23. The van der Waals surface area contributed by atoms with Gasteiger partial charge in [-0.25, -0.2) is 0 Å². The molecule has 98 valence electrons. The Labute approximate surface area is 111 Å². The van der Waals surface area contributed by atoms with Gasteiger partial charge in [0.2, 0.25) is 0 Å². The second-order valence-corrected chi connectivity index (χ2v) is 3.96. The first kappa shape index (κ1) is 12.9. The summed E-state index contributed by atoms with van der Waals surface area (Å²) < 4.78 is 5.12.